The third-order valence-corrected chi connectivity index (χ3v) is 8.63. The van der Waals surface area contributed by atoms with Crippen LogP contribution in [0.1, 0.15) is 44.5 Å². The van der Waals surface area contributed by atoms with E-state index in [2.05, 4.69) is 22.2 Å². The number of benzene rings is 1. The topological polar surface area (TPSA) is 204 Å². The summed E-state index contributed by atoms with van der Waals surface area (Å²) >= 11 is 0. The number of hydrogen-bond acceptors (Lipinski definition) is 9. The van der Waals surface area contributed by atoms with Crippen molar-refractivity contribution in [2.45, 2.75) is 50.5 Å². The van der Waals surface area contributed by atoms with Crippen LogP contribution >= 0.6 is 0 Å². The molecule has 3 aliphatic rings. The van der Waals surface area contributed by atoms with E-state index in [1.807, 2.05) is 19.9 Å². The van der Waals surface area contributed by atoms with Gasteiger partial charge in [0.1, 0.15) is 17.8 Å². The Kier molecular flexibility index (Phi) is 7.32. The van der Waals surface area contributed by atoms with Gasteiger partial charge in [-0.2, -0.15) is 0 Å². The molecular formula is C30H32N6O9. The number of carboxylic acids is 2. The summed E-state index contributed by atoms with van der Waals surface area (Å²) in [5.74, 6) is -7.51. The van der Waals surface area contributed by atoms with Crippen molar-refractivity contribution < 1.29 is 44.1 Å². The fourth-order valence-electron chi connectivity index (χ4n) is 6.41. The Morgan fingerprint density at radius 1 is 1.22 bits per heavy atom. The molecule has 236 valence electrons. The van der Waals surface area contributed by atoms with Crippen molar-refractivity contribution in [3.8, 4) is 0 Å². The molecule has 0 bridgehead atoms. The number of aliphatic hydroxyl groups is 1. The summed E-state index contributed by atoms with van der Waals surface area (Å²) in [6.07, 6.45) is 6.08. The highest BCUT2D eigenvalue weighted by Gasteiger charge is 2.77. The predicted molar refractivity (Wildman–Crippen MR) is 157 cm³/mol. The standard InChI is InChI=1S/C30H32N6O9/c1-6-28(3,4)29-13-22(37)26(42)35-21(25(41)33-30(29,35)36(45-5)19-10-8-7-9-18(19)29)11-17-14-34(15-31-17)20(12-23(38)39)24(40)32-16(2)27(43)44/h6-11,13-16,20,37H,1,12H2,2-5H3,(H,32,40)(H,33,41)(H,38,39)(H,43,44)/b21-11+/t16-,20-,29-,30-/m0/s1. The van der Waals surface area contributed by atoms with Crippen LogP contribution in [0.15, 0.2) is 67.0 Å². The lowest BCUT2D eigenvalue weighted by Crippen LogP contribution is -2.76. The number of carbonyl (C=O) groups excluding carboxylic acids is 3. The Balaban J connectivity index is 1.65. The van der Waals surface area contributed by atoms with E-state index < -0.39 is 70.5 Å². The monoisotopic (exact) mass is 620 g/mol. The smallest absolute Gasteiger partial charge is 0.325 e. The van der Waals surface area contributed by atoms with Gasteiger partial charge in [0.15, 0.2) is 5.76 Å². The molecule has 0 aliphatic carbocycles. The zero-order chi connectivity index (χ0) is 33.1. The normalized spacial score (nSPS) is 24.3. The summed E-state index contributed by atoms with van der Waals surface area (Å²) < 4.78 is 1.17. The van der Waals surface area contributed by atoms with Crippen molar-refractivity contribution >= 4 is 41.4 Å². The van der Waals surface area contributed by atoms with Crippen LogP contribution in [0, 0.1) is 5.41 Å². The summed E-state index contributed by atoms with van der Waals surface area (Å²) in [4.78, 5) is 74.5. The molecule has 3 aliphatic heterocycles. The van der Waals surface area contributed by atoms with Gasteiger partial charge in [0, 0.05) is 11.6 Å². The first-order valence-electron chi connectivity index (χ1n) is 13.8. The molecule has 0 radical (unpaired) electrons. The third kappa shape index (κ3) is 4.29. The number of imidazole rings is 1. The summed E-state index contributed by atoms with van der Waals surface area (Å²) in [5.41, 5.74) is -1.24. The van der Waals surface area contributed by atoms with Crippen molar-refractivity contribution in [1.82, 2.24) is 25.1 Å². The Labute approximate surface area is 257 Å². The number of aliphatic hydroxyl groups excluding tert-OH is 1. The lowest BCUT2D eigenvalue weighted by molar-refractivity contribution is -0.144. The number of carboxylic acid groups (broad SMARTS) is 2. The third-order valence-electron chi connectivity index (χ3n) is 8.63. The molecule has 4 atom stereocenters. The van der Waals surface area contributed by atoms with E-state index in [9.17, 15) is 34.2 Å². The largest absolute Gasteiger partial charge is 0.503 e. The summed E-state index contributed by atoms with van der Waals surface area (Å²) in [6, 6.07) is 4.46. The second-order valence-corrected chi connectivity index (χ2v) is 11.5. The van der Waals surface area contributed by atoms with E-state index in [0.29, 0.717) is 11.3 Å². The minimum atomic E-state index is -1.75. The van der Waals surface area contributed by atoms with Gasteiger partial charge in [-0.3, -0.25) is 33.7 Å². The number of nitrogens with zero attached hydrogens (tertiary/aromatic N) is 4. The van der Waals surface area contributed by atoms with Crippen LogP contribution in [0.5, 0.6) is 0 Å². The van der Waals surface area contributed by atoms with E-state index in [0.717, 1.165) is 11.2 Å². The lowest BCUT2D eigenvalue weighted by atomic mass is 9.57. The van der Waals surface area contributed by atoms with Crippen LogP contribution < -0.4 is 15.7 Å². The molecule has 15 heteroatoms. The Hall–Kier alpha value is -5.44. The van der Waals surface area contributed by atoms with Crippen molar-refractivity contribution in [2.75, 3.05) is 12.2 Å². The maximum absolute atomic E-state index is 13.9. The molecule has 4 heterocycles. The molecule has 0 saturated carbocycles. The van der Waals surface area contributed by atoms with Crippen LogP contribution in [-0.4, -0.2) is 78.4 Å². The van der Waals surface area contributed by atoms with Crippen LogP contribution in [0.25, 0.3) is 6.08 Å². The highest BCUT2D eigenvalue weighted by Crippen LogP contribution is 2.64. The highest BCUT2D eigenvalue weighted by molar-refractivity contribution is 6.10. The van der Waals surface area contributed by atoms with E-state index in [1.165, 1.54) is 42.0 Å². The Morgan fingerprint density at radius 3 is 2.53 bits per heavy atom. The van der Waals surface area contributed by atoms with E-state index in [-0.39, 0.29) is 11.4 Å². The minimum absolute atomic E-state index is 0.0570. The quantitative estimate of drug-likeness (QED) is 0.190. The van der Waals surface area contributed by atoms with Gasteiger partial charge in [-0.1, -0.05) is 38.1 Å². The van der Waals surface area contributed by atoms with Crippen molar-refractivity contribution in [1.29, 1.82) is 0 Å². The van der Waals surface area contributed by atoms with Crippen LogP contribution in [0.4, 0.5) is 5.69 Å². The first kappa shape index (κ1) is 31.0. The second-order valence-electron chi connectivity index (χ2n) is 11.5. The van der Waals surface area contributed by atoms with E-state index >= 15 is 0 Å². The van der Waals surface area contributed by atoms with E-state index in [4.69, 9.17) is 9.94 Å². The van der Waals surface area contributed by atoms with E-state index in [1.54, 1.807) is 24.3 Å². The molecule has 45 heavy (non-hydrogen) atoms. The fourth-order valence-corrected chi connectivity index (χ4v) is 6.41. The average Bonchev–Trinajstić information content (AvgIpc) is 3.63. The maximum atomic E-state index is 13.9. The Bertz CT molecular complexity index is 1710. The number of aliphatic carboxylic acids is 2. The SMILES string of the molecule is C=CC(C)(C)[C@@]12C=C(O)C(=O)N3/C(=C/c4cn([C@@H](CC(=O)O)C(=O)N[C@@H](C)C(=O)O)cn4)C(=O)N[C@]31N(OC)c1ccccc12. The number of carbonyl (C=O) groups is 5. The van der Waals surface area contributed by atoms with Crippen molar-refractivity contribution in [3.63, 3.8) is 0 Å². The zero-order valence-electron chi connectivity index (χ0n) is 24.8. The van der Waals surface area contributed by atoms with Crippen LogP contribution in [-0.2, 0) is 34.2 Å². The number of aromatic nitrogens is 2. The molecule has 5 N–H and O–H groups in total. The molecular weight excluding hydrogens is 588 g/mol. The van der Waals surface area contributed by atoms with Gasteiger partial charge >= 0.3 is 11.9 Å². The number of allylic oxidation sites excluding steroid dienone is 1. The number of rotatable bonds is 10. The second kappa shape index (κ2) is 10.6. The van der Waals surface area contributed by atoms with Crippen molar-refractivity contribution in [2.24, 2.45) is 5.41 Å². The molecule has 1 spiro atoms. The summed E-state index contributed by atoms with van der Waals surface area (Å²) in [6.45, 7) is 8.94. The number of hydroxylamine groups is 1. The number of para-hydroxylation sites is 1. The first-order chi connectivity index (χ1) is 21.2. The molecule has 15 nitrogen and oxygen atoms in total. The number of fused-ring (bicyclic) bond motifs is 2. The molecule has 3 amide bonds. The molecule has 1 saturated heterocycles. The van der Waals surface area contributed by atoms with Gasteiger partial charge < -0.3 is 30.5 Å². The number of amides is 3. The van der Waals surface area contributed by atoms with Crippen molar-refractivity contribution in [3.05, 3.63) is 78.2 Å². The molecule has 0 unspecified atom stereocenters. The summed E-state index contributed by atoms with van der Waals surface area (Å²) in [7, 11) is 1.39. The molecule has 5 rings (SSSR count). The highest BCUT2D eigenvalue weighted by atomic mass is 16.7. The fraction of sp³-hybridized carbons (Fsp3) is 0.333. The van der Waals surface area contributed by atoms with Crippen LogP contribution in [0.3, 0.4) is 0 Å². The van der Waals surface area contributed by atoms with Gasteiger partial charge in [0.25, 0.3) is 11.8 Å². The molecule has 1 aromatic carbocycles. The zero-order valence-corrected chi connectivity index (χ0v) is 24.8. The molecule has 1 aromatic heterocycles. The van der Waals surface area contributed by atoms with Crippen LogP contribution in [0.2, 0.25) is 0 Å². The lowest BCUT2D eigenvalue weighted by Gasteiger charge is -2.56. The number of anilines is 1. The maximum Gasteiger partial charge on any atom is 0.325 e. The van der Waals surface area contributed by atoms with Gasteiger partial charge in [-0.25, -0.2) is 10.0 Å². The minimum Gasteiger partial charge on any atom is -0.503 e. The number of hydrogen-bond donors (Lipinski definition) is 5. The van der Waals surface area contributed by atoms with Gasteiger partial charge in [0.05, 0.1) is 36.7 Å². The number of nitrogens with one attached hydrogen (secondary N) is 2. The molecule has 1 fully saturated rings. The average molecular weight is 621 g/mol. The van der Waals surface area contributed by atoms with Gasteiger partial charge in [-0.15, -0.1) is 6.58 Å². The van der Waals surface area contributed by atoms with Gasteiger partial charge in [-0.05, 0) is 30.7 Å². The van der Waals surface area contributed by atoms with Gasteiger partial charge in [0.2, 0.25) is 11.7 Å². The predicted octanol–water partition coefficient (Wildman–Crippen LogP) is 1.43. The first-order valence-corrected chi connectivity index (χ1v) is 13.8. The Morgan fingerprint density at radius 2 is 1.91 bits per heavy atom. The summed E-state index contributed by atoms with van der Waals surface area (Å²) in [5, 5.41) is 36.3. The molecule has 2 aromatic rings.